The zero-order valence-corrected chi connectivity index (χ0v) is 14.7. The fourth-order valence-electron chi connectivity index (χ4n) is 2.50. The predicted octanol–water partition coefficient (Wildman–Crippen LogP) is 4.20. The zero-order chi connectivity index (χ0) is 18.0. The lowest BCUT2D eigenvalue weighted by atomic mass is 10.1. The maximum absolute atomic E-state index is 12.1. The third-order valence-electron chi connectivity index (χ3n) is 3.85. The second kappa shape index (κ2) is 6.86. The quantitative estimate of drug-likeness (QED) is 0.534. The molecule has 0 fully saturated rings. The summed E-state index contributed by atoms with van der Waals surface area (Å²) < 4.78 is 0. The molecule has 0 unspecified atom stereocenters. The molecule has 0 aliphatic carbocycles. The van der Waals surface area contributed by atoms with Crippen molar-refractivity contribution in [2.24, 2.45) is 0 Å². The highest BCUT2D eigenvalue weighted by Gasteiger charge is 2.15. The number of nitrogens with one attached hydrogen (secondary N) is 2. The van der Waals surface area contributed by atoms with Gasteiger partial charge in [0.2, 0.25) is 0 Å². The van der Waals surface area contributed by atoms with Crippen LogP contribution in [0.2, 0.25) is 0 Å². The van der Waals surface area contributed by atoms with Gasteiger partial charge in [-0.05, 0) is 19.9 Å². The SMILES string of the molecule is C=C/C=C\c1c(-c2csc(-c3cc(C(C)=O)c[nH]c3=O)n2)c[nH]c1C. The summed E-state index contributed by atoms with van der Waals surface area (Å²) in [6.07, 6.45) is 8.88. The molecular formula is C19H17N3O2S. The first kappa shape index (κ1) is 16.9. The van der Waals surface area contributed by atoms with E-state index in [9.17, 15) is 9.59 Å². The molecular weight excluding hydrogens is 334 g/mol. The van der Waals surface area contributed by atoms with Gasteiger partial charge in [-0.15, -0.1) is 11.3 Å². The highest BCUT2D eigenvalue weighted by molar-refractivity contribution is 7.13. The third kappa shape index (κ3) is 3.29. The zero-order valence-electron chi connectivity index (χ0n) is 13.9. The number of allylic oxidation sites excluding steroid dienone is 2. The van der Waals surface area contributed by atoms with E-state index < -0.39 is 0 Å². The van der Waals surface area contributed by atoms with E-state index in [2.05, 4.69) is 21.5 Å². The number of carbonyl (C=O) groups excluding carboxylic acids is 1. The number of aromatic amines is 2. The van der Waals surface area contributed by atoms with Gasteiger partial charge in [0.1, 0.15) is 5.01 Å². The van der Waals surface area contributed by atoms with Crippen molar-refractivity contribution >= 4 is 23.2 Å². The summed E-state index contributed by atoms with van der Waals surface area (Å²) >= 11 is 1.37. The summed E-state index contributed by atoms with van der Waals surface area (Å²) in [4.78, 5) is 34.1. The monoisotopic (exact) mass is 351 g/mol. The molecule has 0 amide bonds. The largest absolute Gasteiger partial charge is 0.364 e. The molecule has 3 aromatic rings. The van der Waals surface area contributed by atoms with E-state index in [4.69, 9.17) is 0 Å². The van der Waals surface area contributed by atoms with E-state index in [1.807, 2.05) is 30.7 Å². The van der Waals surface area contributed by atoms with Gasteiger partial charge in [0, 0.05) is 40.2 Å². The van der Waals surface area contributed by atoms with Crippen LogP contribution in [0.15, 0.2) is 47.4 Å². The predicted molar refractivity (Wildman–Crippen MR) is 102 cm³/mol. The maximum atomic E-state index is 12.1. The molecule has 0 aliphatic heterocycles. The molecule has 0 saturated carbocycles. The Morgan fingerprint density at radius 3 is 2.80 bits per heavy atom. The Balaban J connectivity index is 2.06. The molecule has 0 saturated heterocycles. The van der Waals surface area contributed by atoms with Crippen molar-refractivity contribution in [1.29, 1.82) is 0 Å². The number of carbonyl (C=O) groups is 1. The summed E-state index contributed by atoms with van der Waals surface area (Å²) in [6, 6.07) is 1.59. The number of pyridine rings is 1. The minimum absolute atomic E-state index is 0.104. The van der Waals surface area contributed by atoms with Crippen LogP contribution < -0.4 is 5.56 Å². The molecule has 126 valence electrons. The fraction of sp³-hybridized carbons (Fsp3) is 0.105. The van der Waals surface area contributed by atoms with Gasteiger partial charge in [-0.2, -0.15) is 0 Å². The average molecular weight is 351 g/mol. The van der Waals surface area contributed by atoms with Gasteiger partial charge in [-0.1, -0.05) is 24.8 Å². The molecule has 0 bridgehead atoms. The topological polar surface area (TPSA) is 78.6 Å². The van der Waals surface area contributed by atoms with Gasteiger partial charge < -0.3 is 9.97 Å². The van der Waals surface area contributed by atoms with Crippen LogP contribution in [0, 0.1) is 6.92 Å². The van der Waals surface area contributed by atoms with E-state index in [1.165, 1.54) is 24.5 Å². The number of thiazole rings is 1. The molecule has 0 aliphatic rings. The van der Waals surface area contributed by atoms with Crippen LogP contribution in [0.3, 0.4) is 0 Å². The van der Waals surface area contributed by atoms with Crippen molar-refractivity contribution in [2.45, 2.75) is 13.8 Å². The lowest BCUT2D eigenvalue weighted by molar-refractivity contribution is 0.101. The molecule has 5 nitrogen and oxygen atoms in total. The van der Waals surface area contributed by atoms with Crippen LogP contribution in [0.4, 0.5) is 0 Å². The number of aryl methyl sites for hydroxylation is 1. The van der Waals surface area contributed by atoms with Crippen LogP contribution >= 0.6 is 11.3 Å². The standard InChI is InChI=1S/C19H17N3O2S/c1-4-5-6-14-11(2)20-9-16(14)17-10-25-19(22-17)15-7-13(12(3)23)8-21-18(15)24/h4-10,20H,1H2,2-3H3,(H,21,24)/b6-5-. The van der Waals surface area contributed by atoms with Crippen molar-refractivity contribution in [3.63, 3.8) is 0 Å². The first-order valence-corrected chi connectivity index (χ1v) is 8.56. The van der Waals surface area contributed by atoms with Crippen molar-refractivity contribution in [1.82, 2.24) is 15.0 Å². The Hall–Kier alpha value is -2.99. The van der Waals surface area contributed by atoms with Crippen LogP contribution in [0.5, 0.6) is 0 Å². The number of Topliss-reactive ketones (excluding diaryl/α,β-unsaturated/α-hetero) is 1. The second-order valence-corrected chi connectivity index (χ2v) is 6.42. The normalized spacial score (nSPS) is 11.1. The van der Waals surface area contributed by atoms with Crippen LogP contribution in [-0.4, -0.2) is 20.7 Å². The highest BCUT2D eigenvalue weighted by atomic mass is 32.1. The van der Waals surface area contributed by atoms with Crippen molar-refractivity contribution in [3.8, 4) is 21.8 Å². The Morgan fingerprint density at radius 2 is 2.08 bits per heavy atom. The summed E-state index contributed by atoms with van der Waals surface area (Å²) in [6.45, 7) is 7.14. The minimum Gasteiger partial charge on any atom is -0.364 e. The van der Waals surface area contributed by atoms with E-state index in [0.29, 0.717) is 16.1 Å². The summed E-state index contributed by atoms with van der Waals surface area (Å²) in [5.41, 5.74) is 4.39. The van der Waals surface area contributed by atoms with E-state index >= 15 is 0 Å². The summed E-state index contributed by atoms with van der Waals surface area (Å²) in [7, 11) is 0. The van der Waals surface area contributed by atoms with Crippen molar-refractivity contribution in [3.05, 3.63) is 69.7 Å². The van der Waals surface area contributed by atoms with Crippen molar-refractivity contribution in [2.75, 3.05) is 0 Å². The number of hydrogen-bond donors (Lipinski definition) is 2. The van der Waals surface area contributed by atoms with E-state index in [-0.39, 0.29) is 11.3 Å². The number of aromatic nitrogens is 3. The Labute approximate surface area is 148 Å². The number of rotatable bonds is 5. The summed E-state index contributed by atoms with van der Waals surface area (Å²) in [5, 5.41) is 2.49. The molecule has 0 aromatic carbocycles. The molecule has 25 heavy (non-hydrogen) atoms. The molecule has 2 N–H and O–H groups in total. The van der Waals surface area contributed by atoms with Crippen LogP contribution in [-0.2, 0) is 0 Å². The molecule has 0 spiro atoms. The summed E-state index contributed by atoms with van der Waals surface area (Å²) in [5.74, 6) is -0.104. The first-order valence-electron chi connectivity index (χ1n) is 7.68. The minimum atomic E-state index is -0.261. The van der Waals surface area contributed by atoms with Gasteiger partial charge in [0.05, 0.1) is 11.3 Å². The molecule has 0 radical (unpaired) electrons. The van der Waals surface area contributed by atoms with Crippen molar-refractivity contribution < 1.29 is 4.79 Å². The maximum Gasteiger partial charge on any atom is 0.258 e. The van der Waals surface area contributed by atoms with E-state index in [0.717, 1.165) is 22.5 Å². The second-order valence-electron chi connectivity index (χ2n) is 5.56. The third-order valence-corrected chi connectivity index (χ3v) is 4.72. The Morgan fingerprint density at radius 1 is 1.28 bits per heavy atom. The molecule has 3 heterocycles. The molecule has 3 aromatic heterocycles. The fourth-order valence-corrected chi connectivity index (χ4v) is 3.33. The van der Waals surface area contributed by atoms with Gasteiger partial charge >= 0.3 is 0 Å². The number of ketones is 1. The van der Waals surface area contributed by atoms with Gasteiger partial charge in [0.25, 0.3) is 5.56 Å². The first-order chi connectivity index (χ1) is 12.0. The van der Waals surface area contributed by atoms with Crippen LogP contribution in [0.1, 0.15) is 28.5 Å². The highest BCUT2D eigenvalue weighted by Crippen LogP contribution is 2.31. The van der Waals surface area contributed by atoms with Gasteiger partial charge in [-0.3, -0.25) is 9.59 Å². The van der Waals surface area contributed by atoms with E-state index in [1.54, 1.807) is 12.1 Å². The number of nitrogens with zero attached hydrogens (tertiary/aromatic N) is 1. The van der Waals surface area contributed by atoms with Gasteiger partial charge in [-0.25, -0.2) is 4.98 Å². The smallest absolute Gasteiger partial charge is 0.258 e. The molecule has 3 rings (SSSR count). The number of H-pyrrole nitrogens is 2. The Bertz CT molecular complexity index is 1040. The Kier molecular flexibility index (Phi) is 4.63. The lowest BCUT2D eigenvalue weighted by Gasteiger charge is -1.99. The molecule has 6 heteroatoms. The average Bonchev–Trinajstić information content (AvgIpc) is 3.20. The molecule has 0 atom stereocenters. The van der Waals surface area contributed by atoms with Crippen LogP contribution in [0.25, 0.3) is 27.9 Å². The van der Waals surface area contributed by atoms with Gasteiger partial charge in [0.15, 0.2) is 5.78 Å². The number of hydrogen-bond acceptors (Lipinski definition) is 4. The lowest BCUT2D eigenvalue weighted by Crippen LogP contribution is -2.10.